The first kappa shape index (κ1) is 25.2. The fourth-order valence-corrected chi connectivity index (χ4v) is 2.63. The van der Waals surface area contributed by atoms with Crippen molar-refractivity contribution >= 4 is 29.9 Å². The minimum atomic E-state index is 0. The Morgan fingerprint density at radius 2 is 1.72 bits per heavy atom. The maximum absolute atomic E-state index is 5.98. The van der Waals surface area contributed by atoms with E-state index in [1.165, 1.54) is 5.56 Å². The second kappa shape index (κ2) is 15.1. The van der Waals surface area contributed by atoms with E-state index in [9.17, 15) is 0 Å². The van der Waals surface area contributed by atoms with Crippen LogP contribution in [0.2, 0.25) is 0 Å². The summed E-state index contributed by atoms with van der Waals surface area (Å²) in [4.78, 5) is 4.42. The highest BCUT2D eigenvalue weighted by atomic mass is 127. The van der Waals surface area contributed by atoms with E-state index in [1.807, 2.05) is 37.3 Å². The molecular weight excluding hydrogens is 481 g/mol. The van der Waals surface area contributed by atoms with Gasteiger partial charge < -0.3 is 25.3 Å². The fraction of sp³-hybridized carbons (Fsp3) is 0.409. The molecule has 7 heteroatoms. The highest BCUT2D eigenvalue weighted by Gasteiger charge is 1.99. The largest absolute Gasteiger partial charge is 0.497 e. The molecule has 6 nitrogen and oxygen atoms in total. The number of hydrogen-bond acceptors (Lipinski definition) is 4. The molecule has 160 valence electrons. The number of nitrogens with two attached hydrogens (primary N) is 1. The summed E-state index contributed by atoms with van der Waals surface area (Å²) in [5.41, 5.74) is 9.42. The number of nitrogens with zero attached hydrogens (tertiary/aromatic N) is 1. The number of aliphatic imine (C=N–C) groups is 1. The summed E-state index contributed by atoms with van der Waals surface area (Å²) in [5.74, 6) is 1.31. The van der Waals surface area contributed by atoms with Gasteiger partial charge in [-0.2, -0.15) is 0 Å². The van der Waals surface area contributed by atoms with Gasteiger partial charge in [-0.1, -0.05) is 36.4 Å². The lowest BCUT2D eigenvalue weighted by Gasteiger charge is -2.08. The van der Waals surface area contributed by atoms with Crippen molar-refractivity contribution < 1.29 is 14.2 Å². The molecule has 2 aromatic rings. The molecule has 0 unspecified atom stereocenters. The number of halogens is 1. The van der Waals surface area contributed by atoms with Crippen LogP contribution in [0.25, 0.3) is 0 Å². The Kier molecular flexibility index (Phi) is 13.1. The van der Waals surface area contributed by atoms with Gasteiger partial charge in [-0.25, -0.2) is 4.99 Å². The van der Waals surface area contributed by atoms with Gasteiger partial charge in [0.1, 0.15) is 5.75 Å². The summed E-state index contributed by atoms with van der Waals surface area (Å²) in [6.45, 7) is 5.75. The second-order valence-corrected chi connectivity index (χ2v) is 6.30. The number of benzene rings is 2. The molecule has 0 bridgehead atoms. The summed E-state index contributed by atoms with van der Waals surface area (Å²) in [6, 6.07) is 16.2. The van der Waals surface area contributed by atoms with Gasteiger partial charge in [0.05, 0.1) is 33.5 Å². The van der Waals surface area contributed by atoms with Crippen LogP contribution < -0.4 is 15.8 Å². The Balaban J connectivity index is 0.00000420. The number of ether oxygens (including phenoxy) is 3. The van der Waals surface area contributed by atoms with Crippen molar-refractivity contribution in [3.8, 4) is 5.75 Å². The first-order valence-corrected chi connectivity index (χ1v) is 9.61. The van der Waals surface area contributed by atoms with E-state index >= 15 is 0 Å². The molecule has 29 heavy (non-hydrogen) atoms. The molecule has 0 aliphatic heterocycles. The van der Waals surface area contributed by atoms with Crippen molar-refractivity contribution in [2.45, 2.75) is 26.5 Å². The van der Waals surface area contributed by atoms with Gasteiger partial charge >= 0.3 is 0 Å². The standard InChI is InChI=1S/C22H31N3O3.HI/c1-3-27-13-14-28-17-20-6-4-5-19(15-20)16-25-22(23)24-12-11-18-7-9-21(26-2)10-8-18;/h4-10,15H,3,11-14,16-17H2,1-2H3,(H3,23,24,25);1H. The van der Waals surface area contributed by atoms with Crippen molar-refractivity contribution in [1.29, 1.82) is 0 Å². The average molecular weight is 513 g/mol. The zero-order chi connectivity index (χ0) is 20.0. The third-order valence-corrected chi connectivity index (χ3v) is 4.15. The summed E-state index contributed by atoms with van der Waals surface area (Å²) in [5, 5.41) is 3.16. The van der Waals surface area contributed by atoms with Crippen LogP contribution in [0.4, 0.5) is 0 Å². The first-order chi connectivity index (χ1) is 13.7. The molecule has 2 aromatic carbocycles. The molecule has 0 saturated carbocycles. The van der Waals surface area contributed by atoms with Crippen LogP contribution in [0.5, 0.6) is 5.75 Å². The van der Waals surface area contributed by atoms with Crippen molar-refractivity contribution in [2.75, 3.05) is 33.5 Å². The van der Waals surface area contributed by atoms with Crippen LogP contribution >= 0.6 is 24.0 Å². The third kappa shape index (κ3) is 10.5. The lowest BCUT2D eigenvalue weighted by molar-refractivity contribution is 0.0453. The molecule has 3 N–H and O–H groups in total. The van der Waals surface area contributed by atoms with Gasteiger partial charge in [-0.15, -0.1) is 24.0 Å². The van der Waals surface area contributed by atoms with Crippen molar-refractivity contribution in [2.24, 2.45) is 10.7 Å². The Labute approximate surface area is 190 Å². The van der Waals surface area contributed by atoms with E-state index in [4.69, 9.17) is 19.9 Å². The number of hydrogen-bond donors (Lipinski definition) is 2. The van der Waals surface area contributed by atoms with E-state index in [-0.39, 0.29) is 24.0 Å². The second-order valence-electron chi connectivity index (χ2n) is 6.30. The first-order valence-electron chi connectivity index (χ1n) is 9.61. The monoisotopic (exact) mass is 513 g/mol. The number of methoxy groups -OCH3 is 1. The predicted molar refractivity (Wildman–Crippen MR) is 128 cm³/mol. The molecule has 0 fully saturated rings. The van der Waals surface area contributed by atoms with E-state index in [0.717, 1.165) is 29.8 Å². The SMILES string of the molecule is CCOCCOCc1cccc(CN=C(N)NCCc2ccc(OC)cc2)c1.I. The lowest BCUT2D eigenvalue weighted by Crippen LogP contribution is -2.33. The minimum Gasteiger partial charge on any atom is -0.497 e. The Morgan fingerprint density at radius 3 is 2.45 bits per heavy atom. The quantitative estimate of drug-likeness (QED) is 0.197. The number of rotatable bonds is 12. The number of guanidine groups is 1. The van der Waals surface area contributed by atoms with Gasteiger partial charge in [-0.05, 0) is 42.2 Å². The van der Waals surface area contributed by atoms with Crippen LogP contribution in [0.1, 0.15) is 23.6 Å². The van der Waals surface area contributed by atoms with Gasteiger partial charge in [0.15, 0.2) is 5.96 Å². The molecular formula is C22H32IN3O3. The third-order valence-electron chi connectivity index (χ3n) is 4.15. The normalized spacial score (nSPS) is 11.0. The van der Waals surface area contributed by atoms with E-state index in [1.54, 1.807) is 7.11 Å². The highest BCUT2D eigenvalue weighted by molar-refractivity contribution is 14.0. The predicted octanol–water partition coefficient (Wildman–Crippen LogP) is 3.51. The zero-order valence-electron chi connectivity index (χ0n) is 17.2. The molecule has 2 rings (SSSR count). The molecule has 0 aromatic heterocycles. The van der Waals surface area contributed by atoms with E-state index in [0.29, 0.717) is 38.9 Å². The molecule has 0 heterocycles. The van der Waals surface area contributed by atoms with Crippen molar-refractivity contribution in [3.05, 3.63) is 65.2 Å². The Bertz CT molecular complexity index is 723. The lowest BCUT2D eigenvalue weighted by atomic mass is 10.1. The van der Waals surface area contributed by atoms with Crippen LogP contribution in [0.3, 0.4) is 0 Å². The van der Waals surface area contributed by atoms with E-state index in [2.05, 4.69) is 28.5 Å². The van der Waals surface area contributed by atoms with Gasteiger partial charge in [0, 0.05) is 13.2 Å². The van der Waals surface area contributed by atoms with Crippen LogP contribution in [-0.2, 0) is 29.0 Å². The average Bonchev–Trinajstić information content (AvgIpc) is 2.73. The zero-order valence-corrected chi connectivity index (χ0v) is 19.6. The van der Waals surface area contributed by atoms with Crippen LogP contribution in [0.15, 0.2) is 53.5 Å². The summed E-state index contributed by atoms with van der Waals surface area (Å²) >= 11 is 0. The topological polar surface area (TPSA) is 78.1 Å². The van der Waals surface area contributed by atoms with Crippen LogP contribution in [-0.4, -0.2) is 39.4 Å². The molecule has 0 aliphatic rings. The van der Waals surface area contributed by atoms with Crippen molar-refractivity contribution in [1.82, 2.24) is 5.32 Å². The molecule has 0 amide bonds. The molecule has 0 spiro atoms. The minimum absolute atomic E-state index is 0. The highest BCUT2D eigenvalue weighted by Crippen LogP contribution is 2.11. The van der Waals surface area contributed by atoms with Crippen LogP contribution in [0, 0.1) is 0 Å². The molecule has 0 radical (unpaired) electrons. The molecule has 0 aliphatic carbocycles. The fourth-order valence-electron chi connectivity index (χ4n) is 2.63. The number of nitrogens with one attached hydrogen (secondary N) is 1. The Hall–Kier alpha value is -1.84. The maximum Gasteiger partial charge on any atom is 0.188 e. The van der Waals surface area contributed by atoms with Gasteiger partial charge in [0.2, 0.25) is 0 Å². The summed E-state index contributed by atoms with van der Waals surface area (Å²) in [7, 11) is 1.67. The summed E-state index contributed by atoms with van der Waals surface area (Å²) < 4.78 is 16.0. The smallest absolute Gasteiger partial charge is 0.188 e. The summed E-state index contributed by atoms with van der Waals surface area (Å²) in [6.07, 6.45) is 0.870. The maximum atomic E-state index is 5.98. The molecule has 0 atom stereocenters. The van der Waals surface area contributed by atoms with Gasteiger partial charge in [-0.3, -0.25) is 0 Å². The van der Waals surface area contributed by atoms with E-state index < -0.39 is 0 Å². The van der Waals surface area contributed by atoms with Crippen molar-refractivity contribution in [3.63, 3.8) is 0 Å². The Morgan fingerprint density at radius 1 is 1.00 bits per heavy atom. The van der Waals surface area contributed by atoms with Gasteiger partial charge in [0.25, 0.3) is 0 Å². The molecule has 0 saturated heterocycles.